The van der Waals surface area contributed by atoms with E-state index in [4.69, 9.17) is 9.47 Å². The highest BCUT2D eigenvalue weighted by molar-refractivity contribution is 5.95. The summed E-state index contributed by atoms with van der Waals surface area (Å²) in [6.45, 7) is 2.15. The molecule has 3 aliphatic heterocycles. The van der Waals surface area contributed by atoms with Crippen LogP contribution < -0.4 is 15.5 Å². The van der Waals surface area contributed by atoms with Gasteiger partial charge in [-0.3, -0.25) is 9.59 Å². The van der Waals surface area contributed by atoms with Crippen molar-refractivity contribution in [1.29, 1.82) is 0 Å². The van der Waals surface area contributed by atoms with Crippen LogP contribution in [0.5, 0.6) is 0 Å². The highest BCUT2D eigenvalue weighted by Gasteiger charge is 2.50. The first-order valence-electron chi connectivity index (χ1n) is 19.4. The molecular formula is C45H41F5N4O5. The largest absolute Gasteiger partial charge is 0.392 e. The Morgan fingerprint density at radius 3 is 2.08 bits per heavy atom. The number of hydrogen-bond acceptors (Lipinski definition) is 7. The number of aliphatic hydroxyl groups is 1. The van der Waals surface area contributed by atoms with Crippen molar-refractivity contribution in [3.05, 3.63) is 160 Å². The Morgan fingerprint density at radius 2 is 1.41 bits per heavy atom. The van der Waals surface area contributed by atoms with E-state index in [1.165, 1.54) is 0 Å². The maximum Gasteiger partial charge on any atom is 0.257 e. The van der Waals surface area contributed by atoms with E-state index in [0.717, 1.165) is 27.9 Å². The molecule has 3 heterocycles. The lowest BCUT2D eigenvalue weighted by Crippen LogP contribution is -2.57. The Labute approximate surface area is 337 Å². The fourth-order valence-electron chi connectivity index (χ4n) is 8.30. The third kappa shape index (κ3) is 7.93. The highest BCUT2D eigenvalue weighted by atomic mass is 19.2. The number of hydrogen-bond donors (Lipinski definition) is 3. The maximum atomic E-state index is 14.3. The van der Waals surface area contributed by atoms with E-state index in [1.807, 2.05) is 78.9 Å². The molecule has 3 N–H and O–H groups in total. The molecule has 3 fully saturated rings. The number of aliphatic hydroxyl groups excluding tert-OH is 1. The minimum atomic E-state index is -2.34. The quantitative estimate of drug-likeness (QED) is 0.0766. The van der Waals surface area contributed by atoms with Crippen LogP contribution in [0.4, 0.5) is 27.6 Å². The molecule has 3 aliphatic rings. The number of halogens is 5. The molecule has 3 unspecified atom stereocenters. The zero-order valence-electron chi connectivity index (χ0n) is 31.8. The predicted molar refractivity (Wildman–Crippen MR) is 208 cm³/mol. The molecule has 8 rings (SSSR count). The number of amides is 2. The van der Waals surface area contributed by atoms with Crippen LogP contribution in [0.3, 0.4) is 0 Å². The molecule has 3 saturated heterocycles. The SMILES string of the molecule is O=C(NCc1ccccc1-c1ccc(C2OC(CN3CCC4(CC3)C(=O)NCN4c3ccccc3)CC(c3ccc(CO)cc3)O2)cc1)c1c(F)c(F)c(F)c(F)c1F. The van der Waals surface area contributed by atoms with E-state index in [1.54, 1.807) is 24.3 Å². The van der Waals surface area contributed by atoms with E-state index in [2.05, 4.69) is 20.4 Å². The molecule has 0 saturated carbocycles. The average Bonchev–Trinajstić information content (AvgIpc) is 3.59. The second kappa shape index (κ2) is 16.9. The molecule has 14 heteroatoms. The Morgan fingerprint density at radius 1 is 0.780 bits per heavy atom. The van der Waals surface area contributed by atoms with Gasteiger partial charge in [0.2, 0.25) is 11.7 Å². The molecule has 0 bridgehead atoms. The summed E-state index contributed by atoms with van der Waals surface area (Å²) in [5.74, 6) is -12.6. The van der Waals surface area contributed by atoms with Crippen LogP contribution in [-0.4, -0.2) is 59.8 Å². The van der Waals surface area contributed by atoms with Gasteiger partial charge >= 0.3 is 0 Å². The number of nitrogens with one attached hydrogen (secondary N) is 2. The fraction of sp³-hybridized carbons (Fsp3) is 0.289. The van der Waals surface area contributed by atoms with Gasteiger partial charge in [0.25, 0.3) is 5.91 Å². The summed E-state index contributed by atoms with van der Waals surface area (Å²) in [7, 11) is 0. The van der Waals surface area contributed by atoms with E-state index in [9.17, 15) is 36.6 Å². The zero-order valence-corrected chi connectivity index (χ0v) is 31.8. The molecule has 9 nitrogen and oxygen atoms in total. The Balaban J connectivity index is 0.979. The van der Waals surface area contributed by atoms with Gasteiger partial charge in [-0.1, -0.05) is 91.0 Å². The van der Waals surface area contributed by atoms with Crippen molar-refractivity contribution in [2.75, 3.05) is 31.2 Å². The van der Waals surface area contributed by atoms with E-state index < -0.39 is 52.4 Å². The van der Waals surface area contributed by atoms with Gasteiger partial charge in [0.1, 0.15) is 11.1 Å². The van der Waals surface area contributed by atoms with Crippen molar-refractivity contribution >= 4 is 17.5 Å². The predicted octanol–water partition coefficient (Wildman–Crippen LogP) is 7.45. The van der Waals surface area contributed by atoms with Crippen molar-refractivity contribution in [2.45, 2.75) is 56.5 Å². The molecule has 306 valence electrons. The van der Waals surface area contributed by atoms with E-state index >= 15 is 0 Å². The van der Waals surface area contributed by atoms with Crippen molar-refractivity contribution in [2.24, 2.45) is 0 Å². The zero-order chi connectivity index (χ0) is 41.3. The van der Waals surface area contributed by atoms with Gasteiger partial charge < -0.3 is 35.0 Å². The molecule has 0 aliphatic carbocycles. The fourth-order valence-corrected chi connectivity index (χ4v) is 8.30. The van der Waals surface area contributed by atoms with Gasteiger partial charge in [0.15, 0.2) is 29.6 Å². The van der Waals surface area contributed by atoms with Crippen LogP contribution in [0.25, 0.3) is 11.1 Å². The first kappa shape index (κ1) is 40.1. The second-order valence-corrected chi connectivity index (χ2v) is 15.0. The third-order valence-corrected chi connectivity index (χ3v) is 11.6. The summed E-state index contributed by atoms with van der Waals surface area (Å²) in [6.07, 6.45) is 0.613. The van der Waals surface area contributed by atoms with Crippen molar-refractivity contribution < 1.29 is 46.1 Å². The number of para-hydroxylation sites is 1. The normalized spacial score (nSPS) is 20.5. The smallest absolute Gasteiger partial charge is 0.257 e. The summed E-state index contributed by atoms with van der Waals surface area (Å²) in [5.41, 5.74) is 3.21. The molecule has 5 aromatic rings. The minimum Gasteiger partial charge on any atom is -0.392 e. The lowest BCUT2D eigenvalue weighted by atomic mass is 9.85. The first-order chi connectivity index (χ1) is 28.6. The van der Waals surface area contributed by atoms with Gasteiger partial charge in [-0.15, -0.1) is 0 Å². The van der Waals surface area contributed by atoms with Gasteiger partial charge in [-0.2, -0.15) is 0 Å². The van der Waals surface area contributed by atoms with Gasteiger partial charge in [0.05, 0.1) is 25.5 Å². The van der Waals surface area contributed by atoms with Crippen molar-refractivity contribution in [3.8, 4) is 11.1 Å². The third-order valence-electron chi connectivity index (χ3n) is 11.6. The van der Waals surface area contributed by atoms with Crippen LogP contribution in [0, 0.1) is 29.1 Å². The minimum absolute atomic E-state index is 0.0507. The topological polar surface area (TPSA) is 103 Å². The Kier molecular flexibility index (Phi) is 11.5. The number of ether oxygens (including phenoxy) is 2. The first-order valence-corrected chi connectivity index (χ1v) is 19.4. The number of carbonyl (C=O) groups excluding carboxylic acids is 2. The number of rotatable bonds is 10. The molecular weight excluding hydrogens is 772 g/mol. The number of nitrogens with zero attached hydrogens (tertiary/aromatic N) is 2. The summed E-state index contributed by atoms with van der Waals surface area (Å²) < 4.78 is 83.0. The van der Waals surface area contributed by atoms with Gasteiger partial charge in [0, 0.05) is 43.9 Å². The van der Waals surface area contributed by atoms with E-state index in [-0.39, 0.29) is 31.3 Å². The van der Waals surface area contributed by atoms with Gasteiger partial charge in [-0.25, -0.2) is 22.0 Å². The Bertz CT molecular complexity index is 2300. The maximum absolute atomic E-state index is 14.3. The molecule has 2 amide bonds. The molecule has 59 heavy (non-hydrogen) atoms. The monoisotopic (exact) mass is 812 g/mol. The number of likely N-dealkylation sites (tertiary alicyclic amines) is 1. The van der Waals surface area contributed by atoms with Crippen LogP contribution in [0.1, 0.15) is 64.3 Å². The number of anilines is 1. The summed E-state index contributed by atoms with van der Waals surface area (Å²) >= 11 is 0. The highest BCUT2D eigenvalue weighted by Crippen LogP contribution is 2.41. The average molecular weight is 813 g/mol. The van der Waals surface area contributed by atoms with Crippen LogP contribution in [0.2, 0.25) is 0 Å². The lowest BCUT2D eigenvalue weighted by molar-refractivity contribution is -0.253. The van der Waals surface area contributed by atoms with Crippen LogP contribution in [-0.2, 0) is 27.4 Å². The van der Waals surface area contributed by atoms with Gasteiger partial charge in [-0.05, 0) is 52.8 Å². The van der Waals surface area contributed by atoms with Crippen LogP contribution >= 0.6 is 0 Å². The van der Waals surface area contributed by atoms with Crippen LogP contribution in [0.15, 0.2) is 103 Å². The van der Waals surface area contributed by atoms with Crippen molar-refractivity contribution in [1.82, 2.24) is 15.5 Å². The molecule has 3 atom stereocenters. The molecule has 5 aromatic carbocycles. The molecule has 0 radical (unpaired) electrons. The second-order valence-electron chi connectivity index (χ2n) is 15.0. The Hall–Kier alpha value is -5.67. The lowest BCUT2D eigenvalue weighted by Gasteiger charge is -2.45. The summed E-state index contributed by atoms with van der Waals surface area (Å²) in [4.78, 5) is 30.5. The molecule has 1 spiro atoms. The number of piperidine rings is 1. The number of benzene rings is 5. The summed E-state index contributed by atoms with van der Waals surface area (Å²) in [5, 5.41) is 15.0. The molecule has 0 aromatic heterocycles. The van der Waals surface area contributed by atoms with Crippen molar-refractivity contribution in [3.63, 3.8) is 0 Å². The number of carbonyl (C=O) groups is 2. The summed E-state index contributed by atoms with van der Waals surface area (Å²) in [6, 6.07) is 31.9. The standard InChI is InChI=1S/C45H41F5N4O5/c46-37-36(38(47)40(49)41(50)39(37)48)42(56)51-23-31-6-4-5-9-34(31)28-14-16-30(17-15-28)43-58-33(22-35(59-43)29-12-10-27(25-55)11-13-29)24-53-20-18-45(19-21-53)44(57)52-26-54(45)32-7-2-1-3-8-32/h1-17,33,35,43,55H,18-26H2,(H,51,56)(H,52,57). The van der Waals surface area contributed by atoms with E-state index in [0.29, 0.717) is 56.7 Å².